The summed E-state index contributed by atoms with van der Waals surface area (Å²) in [6.07, 6.45) is 3.17. The highest BCUT2D eigenvalue weighted by molar-refractivity contribution is 5.84. The van der Waals surface area contributed by atoms with E-state index < -0.39 is 6.10 Å². The zero-order chi connectivity index (χ0) is 15.6. The summed E-state index contributed by atoms with van der Waals surface area (Å²) in [4.78, 5) is 6.06. The molecule has 2 saturated heterocycles. The Kier molecular flexibility index (Phi) is 2.94. The van der Waals surface area contributed by atoms with Gasteiger partial charge in [-0.1, -0.05) is 25.1 Å². The van der Waals surface area contributed by atoms with E-state index in [1.807, 2.05) is 0 Å². The lowest BCUT2D eigenvalue weighted by Crippen LogP contribution is -2.49. The van der Waals surface area contributed by atoms with Gasteiger partial charge >= 0.3 is 0 Å². The number of ether oxygens (including phenoxy) is 1. The highest BCUT2D eigenvalue weighted by Crippen LogP contribution is 2.51. The molecule has 3 aliphatic rings. The predicted octanol–water partition coefficient (Wildman–Crippen LogP) is 2.63. The number of fused-ring (bicyclic) bond motifs is 7. The molecule has 0 radical (unpaired) electrons. The second-order valence-electron chi connectivity index (χ2n) is 7.58. The number of piperidine rings is 1. The van der Waals surface area contributed by atoms with E-state index in [1.54, 1.807) is 0 Å². The van der Waals surface area contributed by atoms with Gasteiger partial charge in [-0.3, -0.25) is 4.90 Å². The number of nitrogens with zero attached hydrogens (tertiary/aromatic N) is 1. The number of aliphatic hydroxyl groups excluding tert-OH is 1. The summed E-state index contributed by atoms with van der Waals surface area (Å²) in [6, 6.07) is 8.42. The molecular formula is C19H24N2O2. The van der Waals surface area contributed by atoms with Gasteiger partial charge in [0.2, 0.25) is 0 Å². The number of aromatic nitrogens is 1. The zero-order valence-electron chi connectivity index (χ0n) is 13.6. The van der Waals surface area contributed by atoms with Crippen LogP contribution in [0.3, 0.4) is 0 Å². The fraction of sp³-hybridized carbons (Fsp3) is 0.579. The summed E-state index contributed by atoms with van der Waals surface area (Å²) in [5, 5.41) is 12.3. The molecule has 1 aromatic carbocycles. The van der Waals surface area contributed by atoms with E-state index in [2.05, 4.69) is 41.1 Å². The average molecular weight is 312 g/mol. The van der Waals surface area contributed by atoms with Gasteiger partial charge in [0.1, 0.15) is 0 Å². The normalized spacial score (nSPS) is 39.0. The van der Waals surface area contributed by atoms with Crippen LogP contribution in [0.25, 0.3) is 10.9 Å². The maximum atomic E-state index is 11.0. The van der Waals surface area contributed by atoms with Gasteiger partial charge in [-0.05, 0) is 30.9 Å². The Morgan fingerprint density at radius 3 is 3.13 bits per heavy atom. The van der Waals surface area contributed by atoms with Gasteiger partial charge in [0.05, 0.1) is 18.3 Å². The van der Waals surface area contributed by atoms with Crippen molar-refractivity contribution in [1.82, 2.24) is 9.88 Å². The Morgan fingerprint density at radius 2 is 2.26 bits per heavy atom. The van der Waals surface area contributed by atoms with Crippen molar-refractivity contribution in [2.45, 2.75) is 44.5 Å². The van der Waals surface area contributed by atoms with Crippen LogP contribution in [0.2, 0.25) is 0 Å². The van der Waals surface area contributed by atoms with Gasteiger partial charge in [0.15, 0.2) is 0 Å². The third-order valence-corrected chi connectivity index (χ3v) is 6.32. The molecule has 4 heteroatoms. The monoisotopic (exact) mass is 312 g/mol. The molecule has 0 aliphatic carbocycles. The summed E-state index contributed by atoms with van der Waals surface area (Å²) >= 11 is 0. The largest absolute Gasteiger partial charge is 0.387 e. The Hall–Kier alpha value is -1.36. The Bertz CT molecular complexity index is 755. The Balaban J connectivity index is 1.62. The third kappa shape index (κ3) is 2.02. The van der Waals surface area contributed by atoms with Crippen molar-refractivity contribution in [2.24, 2.45) is 5.41 Å². The summed E-state index contributed by atoms with van der Waals surface area (Å²) in [5.74, 6) is 0. The van der Waals surface area contributed by atoms with Gasteiger partial charge in [-0.15, -0.1) is 0 Å². The molecule has 0 saturated carbocycles. The number of epoxide rings is 1. The van der Waals surface area contributed by atoms with Gasteiger partial charge < -0.3 is 14.8 Å². The number of rotatable bonds is 1. The average Bonchev–Trinajstić information content (AvgIpc) is 3.25. The van der Waals surface area contributed by atoms with Crippen LogP contribution in [0.5, 0.6) is 0 Å². The van der Waals surface area contributed by atoms with Crippen LogP contribution in [0.15, 0.2) is 24.3 Å². The lowest BCUT2D eigenvalue weighted by atomic mass is 9.73. The van der Waals surface area contributed by atoms with Crippen molar-refractivity contribution >= 4 is 10.9 Å². The van der Waals surface area contributed by atoms with Crippen molar-refractivity contribution in [2.75, 3.05) is 19.6 Å². The Morgan fingerprint density at radius 1 is 1.39 bits per heavy atom. The molecule has 5 rings (SSSR count). The van der Waals surface area contributed by atoms with E-state index in [-0.39, 0.29) is 5.41 Å². The molecule has 2 aromatic rings. The van der Waals surface area contributed by atoms with E-state index in [1.165, 1.54) is 10.9 Å². The van der Waals surface area contributed by atoms with Gasteiger partial charge in [-0.2, -0.15) is 0 Å². The zero-order valence-corrected chi connectivity index (χ0v) is 13.6. The maximum Gasteiger partial charge on any atom is 0.0974 e. The molecule has 4 nitrogen and oxygen atoms in total. The minimum atomic E-state index is -0.430. The molecule has 2 bridgehead atoms. The van der Waals surface area contributed by atoms with Crippen molar-refractivity contribution in [3.05, 3.63) is 35.5 Å². The molecule has 0 amide bonds. The number of hydrogen-bond donors (Lipinski definition) is 2. The number of para-hydroxylation sites is 1. The van der Waals surface area contributed by atoms with Crippen molar-refractivity contribution in [1.29, 1.82) is 0 Å². The van der Waals surface area contributed by atoms with Crippen LogP contribution in [0.1, 0.15) is 37.1 Å². The molecule has 2 fully saturated rings. The predicted molar refractivity (Wildman–Crippen MR) is 89.4 cm³/mol. The molecule has 23 heavy (non-hydrogen) atoms. The topological polar surface area (TPSA) is 51.8 Å². The fourth-order valence-corrected chi connectivity index (χ4v) is 5.01. The van der Waals surface area contributed by atoms with E-state index >= 15 is 0 Å². The quantitative estimate of drug-likeness (QED) is 0.796. The number of aromatic amines is 1. The molecule has 4 heterocycles. The molecule has 3 aliphatic heterocycles. The van der Waals surface area contributed by atoms with E-state index in [0.717, 1.165) is 50.1 Å². The van der Waals surface area contributed by atoms with Gasteiger partial charge in [-0.25, -0.2) is 0 Å². The molecular weight excluding hydrogens is 288 g/mol. The summed E-state index contributed by atoms with van der Waals surface area (Å²) in [6.45, 7) is 5.42. The van der Waals surface area contributed by atoms with Crippen molar-refractivity contribution in [3.63, 3.8) is 0 Å². The standard InChI is InChI=1S/C19H24N2O2/c1-2-19-9-15(22)17-13(12-5-3-4-6-14(12)20-17)7-8-21(11-19)10-16-18(19)23-16/h3-6,15-16,18,20,22H,2,7-11H2,1H3/t15-,16-,18-,19+/m1/s1. The number of hydrogen-bond acceptors (Lipinski definition) is 3. The second kappa shape index (κ2) is 4.82. The summed E-state index contributed by atoms with van der Waals surface area (Å²) < 4.78 is 5.97. The number of aliphatic hydroxyl groups is 1. The highest BCUT2D eigenvalue weighted by Gasteiger charge is 2.58. The van der Waals surface area contributed by atoms with Crippen LogP contribution < -0.4 is 0 Å². The molecule has 0 spiro atoms. The first kappa shape index (κ1) is 14.0. The minimum absolute atomic E-state index is 0.0985. The van der Waals surface area contributed by atoms with Crippen molar-refractivity contribution < 1.29 is 9.84 Å². The van der Waals surface area contributed by atoms with Gasteiger partial charge in [0, 0.05) is 41.6 Å². The summed E-state index contributed by atoms with van der Waals surface area (Å²) in [7, 11) is 0. The second-order valence-corrected chi connectivity index (χ2v) is 7.58. The summed E-state index contributed by atoms with van der Waals surface area (Å²) in [5.41, 5.74) is 3.58. The number of nitrogens with one attached hydrogen (secondary N) is 1. The van der Waals surface area contributed by atoms with Crippen LogP contribution in [-0.4, -0.2) is 46.8 Å². The van der Waals surface area contributed by atoms with E-state index in [4.69, 9.17) is 4.74 Å². The first-order valence-corrected chi connectivity index (χ1v) is 8.85. The molecule has 5 atom stereocenters. The fourth-order valence-electron chi connectivity index (χ4n) is 5.01. The molecule has 1 unspecified atom stereocenters. The first-order valence-electron chi connectivity index (χ1n) is 8.85. The van der Waals surface area contributed by atoms with Crippen LogP contribution in [0, 0.1) is 5.41 Å². The maximum absolute atomic E-state index is 11.0. The minimum Gasteiger partial charge on any atom is -0.387 e. The van der Waals surface area contributed by atoms with Crippen LogP contribution in [-0.2, 0) is 11.2 Å². The first-order chi connectivity index (χ1) is 11.2. The van der Waals surface area contributed by atoms with E-state index in [0.29, 0.717) is 12.2 Å². The van der Waals surface area contributed by atoms with Crippen molar-refractivity contribution in [3.8, 4) is 0 Å². The van der Waals surface area contributed by atoms with Crippen LogP contribution in [0.4, 0.5) is 0 Å². The number of H-pyrrole nitrogens is 1. The lowest BCUT2D eigenvalue weighted by Gasteiger charge is -2.40. The highest BCUT2D eigenvalue weighted by atomic mass is 16.6. The molecule has 122 valence electrons. The van der Waals surface area contributed by atoms with E-state index in [9.17, 15) is 5.11 Å². The van der Waals surface area contributed by atoms with Gasteiger partial charge in [0.25, 0.3) is 0 Å². The smallest absolute Gasteiger partial charge is 0.0974 e. The van der Waals surface area contributed by atoms with Crippen LogP contribution >= 0.6 is 0 Å². The third-order valence-electron chi connectivity index (χ3n) is 6.32. The molecule has 1 aromatic heterocycles. The molecule has 2 N–H and O–H groups in total. The lowest BCUT2D eigenvalue weighted by molar-refractivity contribution is 0.0376. The Labute approximate surface area is 136 Å². The SMILES string of the molecule is CC[C@@]12C[C@@H](O)c3[nH]c4ccccc4c3CCN(C[C@H]3O[C@H]31)C2. The number of benzene rings is 1.